The number of benzene rings is 1. The molecule has 3 N–H and O–H groups in total. The lowest BCUT2D eigenvalue weighted by Crippen LogP contribution is -2.41. The second-order valence-electron chi connectivity index (χ2n) is 5.10. The van der Waals surface area contributed by atoms with Crippen LogP contribution >= 0.6 is 19.3 Å². The molecule has 8 heteroatoms. The van der Waals surface area contributed by atoms with Crippen LogP contribution in [0.2, 0.25) is 5.02 Å². The van der Waals surface area contributed by atoms with Crippen LogP contribution in [0.4, 0.5) is 5.69 Å². The predicted molar refractivity (Wildman–Crippen MR) is 73.3 cm³/mol. The highest BCUT2D eigenvalue weighted by Gasteiger charge is 2.46. The van der Waals surface area contributed by atoms with Crippen LogP contribution in [0, 0.1) is 5.41 Å². The Morgan fingerprint density at radius 3 is 2.95 bits per heavy atom. The molecule has 3 rings (SSSR count). The van der Waals surface area contributed by atoms with E-state index in [1.54, 1.807) is 12.1 Å². The summed E-state index contributed by atoms with van der Waals surface area (Å²) < 4.78 is 12.2. The molecule has 0 saturated carbocycles. The molecular formula is C11H13ClN3O3P. The van der Waals surface area contributed by atoms with Gasteiger partial charge in [-0.1, -0.05) is 18.5 Å². The van der Waals surface area contributed by atoms with E-state index in [9.17, 15) is 14.4 Å². The maximum Gasteiger partial charge on any atom is 0.445 e. The first-order valence-electron chi connectivity index (χ1n) is 5.76. The van der Waals surface area contributed by atoms with Crippen molar-refractivity contribution in [2.45, 2.75) is 6.92 Å². The molecule has 1 unspecified atom stereocenters. The molecule has 0 aromatic heterocycles. The Balaban J connectivity index is 2.11. The van der Waals surface area contributed by atoms with Gasteiger partial charge in [-0.25, -0.2) is 4.57 Å². The fourth-order valence-electron chi connectivity index (χ4n) is 2.49. The first-order valence-corrected chi connectivity index (χ1v) is 7.70. The number of hydrazone groups is 1. The van der Waals surface area contributed by atoms with Gasteiger partial charge in [-0.3, -0.25) is 0 Å². The van der Waals surface area contributed by atoms with Gasteiger partial charge in [-0.05, 0) is 18.2 Å². The molecule has 1 atom stereocenters. The van der Waals surface area contributed by atoms with E-state index in [1.807, 2.05) is 13.0 Å². The van der Waals surface area contributed by atoms with Crippen molar-refractivity contribution in [1.82, 2.24) is 4.78 Å². The molecular weight excluding hydrogens is 289 g/mol. The van der Waals surface area contributed by atoms with E-state index in [-0.39, 0.29) is 6.54 Å². The Hall–Kier alpha value is -1.07. The Kier molecular flexibility index (Phi) is 2.70. The molecule has 0 radical (unpaired) electrons. The van der Waals surface area contributed by atoms with E-state index in [0.29, 0.717) is 17.3 Å². The quantitative estimate of drug-likeness (QED) is 0.690. The Morgan fingerprint density at radius 1 is 1.53 bits per heavy atom. The van der Waals surface area contributed by atoms with Gasteiger partial charge in [0.25, 0.3) is 0 Å². The summed E-state index contributed by atoms with van der Waals surface area (Å²) in [6.07, 6.45) is 0. The molecule has 0 spiro atoms. The third-order valence-corrected chi connectivity index (χ3v) is 4.55. The lowest BCUT2D eigenvalue weighted by molar-refractivity contribution is 0.262. The van der Waals surface area contributed by atoms with Gasteiger partial charge < -0.3 is 15.1 Å². The average Bonchev–Trinajstić information content (AvgIpc) is 2.67. The van der Waals surface area contributed by atoms with E-state index in [2.05, 4.69) is 10.4 Å². The van der Waals surface area contributed by atoms with Crippen molar-refractivity contribution >= 4 is 30.7 Å². The first-order chi connectivity index (χ1) is 8.79. The third-order valence-electron chi connectivity index (χ3n) is 3.48. The number of hydrogen-bond acceptors (Lipinski definition) is 3. The number of nitrogens with one attached hydrogen (secondary N) is 1. The van der Waals surface area contributed by atoms with Crippen molar-refractivity contribution in [1.29, 1.82) is 0 Å². The molecule has 0 aliphatic carbocycles. The van der Waals surface area contributed by atoms with Crippen molar-refractivity contribution in [2.24, 2.45) is 10.5 Å². The molecule has 2 aliphatic heterocycles. The van der Waals surface area contributed by atoms with Crippen LogP contribution in [0.15, 0.2) is 23.3 Å². The molecule has 0 amide bonds. The normalized spacial score (nSPS) is 25.5. The molecule has 1 aromatic carbocycles. The van der Waals surface area contributed by atoms with Gasteiger partial charge in [-0.2, -0.15) is 9.88 Å². The zero-order chi connectivity index (χ0) is 13.8. The summed E-state index contributed by atoms with van der Waals surface area (Å²) in [6.45, 7) is 2.70. The Bertz CT molecular complexity index is 630. The van der Waals surface area contributed by atoms with Gasteiger partial charge >= 0.3 is 7.75 Å². The fourth-order valence-corrected chi connectivity index (χ4v) is 3.36. The van der Waals surface area contributed by atoms with Gasteiger partial charge in [0.2, 0.25) is 0 Å². The highest BCUT2D eigenvalue weighted by molar-refractivity contribution is 7.49. The highest BCUT2D eigenvalue weighted by atomic mass is 35.5. The predicted octanol–water partition coefficient (Wildman–Crippen LogP) is 1.88. The molecule has 19 heavy (non-hydrogen) atoms. The largest absolute Gasteiger partial charge is 0.445 e. The van der Waals surface area contributed by atoms with Gasteiger partial charge in [0.05, 0.1) is 12.3 Å². The molecule has 1 aromatic rings. The van der Waals surface area contributed by atoms with Crippen molar-refractivity contribution in [2.75, 3.05) is 18.4 Å². The van der Waals surface area contributed by atoms with E-state index in [4.69, 9.17) is 11.6 Å². The second kappa shape index (κ2) is 3.96. The Labute approximate surface area is 115 Å². The van der Waals surface area contributed by atoms with Crippen molar-refractivity contribution in [3.63, 3.8) is 0 Å². The molecule has 0 fully saturated rings. The number of hydrogen-bond donors (Lipinski definition) is 3. The summed E-state index contributed by atoms with van der Waals surface area (Å²) in [5.74, 6) is 0. The number of halogens is 1. The second-order valence-corrected chi connectivity index (χ2v) is 7.02. The van der Waals surface area contributed by atoms with Crippen LogP contribution in [-0.2, 0) is 4.57 Å². The smallest absolute Gasteiger partial charge is 0.383 e. The minimum absolute atomic E-state index is 0.196. The summed E-state index contributed by atoms with van der Waals surface area (Å²) in [7, 11) is -4.36. The summed E-state index contributed by atoms with van der Waals surface area (Å²) in [5.41, 5.74) is 1.97. The molecule has 0 saturated heterocycles. The molecule has 2 heterocycles. The van der Waals surface area contributed by atoms with Gasteiger partial charge in [0, 0.05) is 28.2 Å². The lowest BCUT2D eigenvalue weighted by atomic mass is 9.79. The van der Waals surface area contributed by atoms with E-state index in [1.165, 1.54) is 0 Å². The third kappa shape index (κ3) is 2.05. The molecule has 102 valence electrons. The minimum Gasteiger partial charge on any atom is -0.383 e. The molecule has 0 bridgehead atoms. The van der Waals surface area contributed by atoms with Crippen LogP contribution in [0.3, 0.4) is 0 Å². The number of fused-ring (bicyclic) bond motifs is 3. The van der Waals surface area contributed by atoms with Crippen LogP contribution < -0.4 is 5.32 Å². The number of rotatable bonds is 1. The zero-order valence-corrected chi connectivity index (χ0v) is 11.8. The maximum atomic E-state index is 11.4. The minimum atomic E-state index is -4.36. The summed E-state index contributed by atoms with van der Waals surface area (Å²) >= 11 is 5.94. The average molecular weight is 302 g/mol. The van der Waals surface area contributed by atoms with Crippen LogP contribution in [-0.4, -0.2) is 33.4 Å². The van der Waals surface area contributed by atoms with E-state index >= 15 is 0 Å². The zero-order valence-electron chi connectivity index (χ0n) is 10.2. The van der Waals surface area contributed by atoms with Crippen molar-refractivity contribution in [3.05, 3.63) is 28.8 Å². The van der Waals surface area contributed by atoms with Gasteiger partial charge in [0.1, 0.15) is 0 Å². The van der Waals surface area contributed by atoms with E-state index in [0.717, 1.165) is 16.0 Å². The fraction of sp³-hybridized carbons (Fsp3) is 0.364. The number of nitrogens with zero attached hydrogens (tertiary/aromatic N) is 2. The molecule has 6 nitrogen and oxygen atoms in total. The summed E-state index contributed by atoms with van der Waals surface area (Å²) in [4.78, 5) is 18.5. The van der Waals surface area contributed by atoms with E-state index < -0.39 is 13.2 Å². The first kappa shape index (κ1) is 12.9. The van der Waals surface area contributed by atoms with Crippen molar-refractivity contribution in [3.8, 4) is 0 Å². The lowest BCUT2D eigenvalue weighted by Gasteiger charge is -2.32. The van der Waals surface area contributed by atoms with Gasteiger partial charge in [0.15, 0.2) is 0 Å². The maximum absolute atomic E-state index is 11.4. The summed E-state index contributed by atoms with van der Waals surface area (Å²) in [6, 6.07) is 5.36. The number of anilines is 1. The monoisotopic (exact) mass is 301 g/mol. The van der Waals surface area contributed by atoms with Crippen LogP contribution in [0.5, 0.6) is 0 Å². The Morgan fingerprint density at radius 2 is 2.26 bits per heavy atom. The summed E-state index contributed by atoms with van der Waals surface area (Å²) in [5, 5.41) is 7.98. The van der Waals surface area contributed by atoms with Gasteiger partial charge in [-0.15, -0.1) is 0 Å². The van der Waals surface area contributed by atoms with Crippen LogP contribution in [0.1, 0.15) is 12.5 Å². The standard InChI is InChI=1S/C11H13ClN3O3P/c1-11-5-13-9-4-7(12)2-3-8(9)10(11)14-15(6-11)19(16,17)18/h2-4,13H,5-6H2,1H3,(H2,16,17,18). The topological polar surface area (TPSA) is 85.2 Å². The van der Waals surface area contributed by atoms with Crippen molar-refractivity contribution < 1.29 is 14.4 Å². The SMILES string of the molecule is CC12CNc3cc(Cl)ccc3C1=NN(P(=O)(O)O)C2. The highest BCUT2D eigenvalue weighted by Crippen LogP contribution is 2.49. The van der Waals surface area contributed by atoms with Crippen LogP contribution in [0.25, 0.3) is 0 Å². The molecule has 2 aliphatic rings.